The molecule has 0 aromatic heterocycles. The number of ether oxygens (including phenoxy) is 1. The summed E-state index contributed by atoms with van der Waals surface area (Å²) >= 11 is 0. The molecule has 0 bridgehead atoms. The Morgan fingerprint density at radius 1 is 1.21 bits per heavy atom. The Balaban J connectivity index is 1.48. The van der Waals surface area contributed by atoms with Crippen molar-refractivity contribution in [3.63, 3.8) is 0 Å². The number of rotatable bonds is 5. The number of nitrogens with zero attached hydrogens (tertiary/aromatic N) is 2. The van der Waals surface area contributed by atoms with Crippen molar-refractivity contribution in [3.8, 4) is 5.75 Å². The zero-order chi connectivity index (χ0) is 17.2. The Kier molecular flexibility index (Phi) is 5.42. The van der Waals surface area contributed by atoms with Crippen LogP contribution in [0.5, 0.6) is 5.75 Å². The second-order valence-electron chi connectivity index (χ2n) is 7.55. The van der Waals surface area contributed by atoms with E-state index in [0.717, 1.165) is 26.1 Å². The minimum absolute atomic E-state index is 0.264. The van der Waals surface area contributed by atoms with E-state index >= 15 is 0 Å². The van der Waals surface area contributed by atoms with Crippen molar-refractivity contribution in [3.05, 3.63) is 30.1 Å². The maximum atomic E-state index is 12.9. The molecule has 4 nitrogen and oxygen atoms in total. The lowest BCUT2D eigenvalue weighted by Crippen LogP contribution is -2.48. The standard InChI is InChI=1S/C19H29FN2O2/c1-15(2)21-10-7-17(8-11-21)22-12-9-19(23,13-22)14-24-18-5-3-16(20)4-6-18/h3-6,15,17,23H,7-14H2,1-2H3. The molecule has 2 aliphatic heterocycles. The third kappa shape index (κ3) is 4.26. The first-order valence-corrected chi connectivity index (χ1v) is 9.04. The molecule has 1 N–H and O–H groups in total. The van der Waals surface area contributed by atoms with Gasteiger partial charge in [-0.2, -0.15) is 0 Å². The van der Waals surface area contributed by atoms with Gasteiger partial charge in [-0.1, -0.05) is 0 Å². The van der Waals surface area contributed by atoms with Gasteiger partial charge in [0.15, 0.2) is 0 Å². The third-order valence-corrected chi connectivity index (χ3v) is 5.43. The number of hydrogen-bond donors (Lipinski definition) is 1. The Bertz CT molecular complexity index is 529. The lowest BCUT2D eigenvalue weighted by molar-refractivity contribution is -0.00352. The lowest BCUT2D eigenvalue weighted by Gasteiger charge is -2.38. The van der Waals surface area contributed by atoms with Crippen LogP contribution in [0.2, 0.25) is 0 Å². The van der Waals surface area contributed by atoms with Crippen LogP contribution in [-0.2, 0) is 0 Å². The van der Waals surface area contributed by atoms with Gasteiger partial charge in [0.1, 0.15) is 23.8 Å². The molecule has 0 amide bonds. The van der Waals surface area contributed by atoms with Crippen molar-refractivity contribution in [2.24, 2.45) is 0 Å². The fourth-order valence-electron chi connectivity index (χ4n) is 3.83. The van der Waals surface area contributed by atoms with Crippen molar-refractivity contribution >= 4 is 0 Å². The summed E-state index contributed by atoms with van der Waals surface area (Å²) in [5.41, 5.74) is -0.802. The van der Waals surface area contributed by atoms with Gasteiger partial charge in [-0.25, -0.2) is 4.39 Å². The highest BCUT2D eigenvalue weighted by Gasteiger charge is 2.40. The largest absolute Gasteiger partial charge is 0.491 e. The molecule has 5 heteroatoms. The highest BCUT2D eigenvalue weighted by molar-refractivity contribution is 5.22. The van der Waals surface area contributed by atoms with Crippen LogP contribution in [0.4, 0.5) is 4.39 Å². The van der Waals surface area contributed by atoms with Gasteiger partial charge in [-0.05, 0) is 70.5 Å². The van der Waals surface area contributed by atoms with Crippen molar-refractivity contribution in [1.82, 2.24) is 9.80 Å². The quantitative estimate of drug-likeness (QED) is 0.896. The molecule has 2 saturated heterocycles. The van der Waals surface area contributed by atoms with Crippen LogP contribution >= 0.6 is 0 Å². The summed E-state index contributed by atoms with van der Waals surface area (Å²) in [6, 6.07) is 7.15. The normalized spacial score (nSPS) is 27.0. The van der Waals surface area contributed by atoms with Gasteiger partial charge in [0.25, 0.3) is 0 Å². The van der Waals surface area contributed by atoms with E-state index in [2.05, 4.69) is 23.6 Å². The molecule has 134 valence electrons. The first-order valence-electron chi connectivity index (χ1n) is 9.04. The monoisotopic (exact) mass is 336 g/mol. The Morgan fingerprint density at radius 2 is 1.88 bits per heavy atom. The molecular formula is C19H29FN2O2. The molecule has 24 heavy (non-hydrogen) atoms. The molecule has 1 atom stereocenters. The molecule has 0 aliphatic carbocycles. The van der Waals surface area contributed by atoms with E-state index in [0.29, 0.717) is 24.4 Å². The van der Waals surface area contributed by atoms with E-state index in [1.807, 2.05) is 0 Å². The van der Waals surface area contributed by atoms with Crippen LogP contribution in [0.15, 0.2) is 24.3 Å². The van der Waals surface area contributed by atoms with Crippen molar-refractivity contribution in [2.45, 2.75) is 50.8 Å². The molecule has 0 spiro atoms. The van der Waals surface area contributed by atoms with Gasteiger partial charge in [0, 0.05) is 25.2 Å². The van der Waals surface area contributed by atoms with E-state index in [1.165, 1.54) is 25.0 Å². The Hall–Kier alpha value is -1.17. The molecule has 3 rings (SSSR count). The van der Waals surface area contributed by atoms with Gasteiger partial charge in [-0.3, -0.25) is 4.90 Å². The Morgan fingerprint density at radius 3 is 2.50 bits per heavy atom. The number of hydrogen-bond acceptors (Lipinski definition) is 4. The average molecular weight is 336 g/mol. The molecule has 2 fully saturated rings. The fraction of sp³-hybridized carbons (Fsp3) is 0.684. The van der Waals surface area contributed by atoms with Crippen LogP contribution in [-0.4, -0.2) is 65.4 Å². The first-order chi connectivity index (χ1) is 11.5. The smallest absolute Gasteiger partial charge is 0.123 e. The van der Waals surface area contributed by atoms with Crippen LogP contribution < -0.4 is 4.74 Å². The predicted molar refractivity (Wildman–Crippen MR) is 92.8 cm³/mol. The number of aliphatic hydroxyl groups is 1. The maximum absolute atomic E-state index is 12.9. The molecule has 2 aliphatic rings. The third-order valence-electron chi connectivity index (χ3n) is 5.43. The summed E-state index contributed by atoms with van der Waals surface area (Å²) < 4.78 is 18.6. The number of β-amino-alcohol motifs (C(OH)–C–C–N with tert-alkyl or cyclic N) is 1. The fourth-order valence-corrected chi connectivity index (χ4v) is 3.83. The van der Waals surface area contributed by atoms with Crippen molar-refractivity contribution < 1.29 is 14.2 Å². The van der Waals surface area contributed by atoms with Gasteiger partial charge >= 0.3 is 0 Å². The highest BCUT2D eigenvalue weighted by Crippen LogP contribution is 2.28. The van der Waals surface area contributed by atoms with Crippen molar-refractivity contribution in [2.75, 3.05) is 32.8 Å². The van der Waals surface area contributed by atoms with Gasteiger partial charge in [0.2, 0.25) is 0 Å². The molecular weight excluding hydrogens is 307 g/mol. The minimum atomic E-state index is -0.802. The Labute approximate surface area is 144 Å². The van der Waals surface area contributed by atoms with Crippen LogP contribution in [0.25, 0.3) is 0 Å². The summed E-state index contributed by atoms with van der Waals surface area (Å²) in [5.74, 6) is 0.328. The summed E-state index contributed by atoms with van der Waals surface area (Å²) in [6.45, 7) is 8.65. The van der Waals surface area contributed by atoms with E-state index in [9.17, 15) is 9.50 Å². The first kappa shape index (κ1) is 17.6. The van der Waals surface area contributed by atoms with Crippen LogP contribution in [0.3, 0.4) is 0 Å². The van der Waals surface area contributed by atoms with Crippen molar-refractivity contribution in [1.29, 1.82) is 0 Å². The maximum Gasteiger partial charge on any atom is 0.123 e. The SMILES string of the molecule is CC(C)N1CCC(N2CCC(O)(COc3ccc(F)cc3)C2)CC1. The molecule has 2 heterocycles. The molecule has 0 saturated carbocycles. The second kappa shape index (κ2) is 7.38. The topological polar surface area (TPSA) is 35.9 Å². The summed E-state index contributed by atoms with van der Waals surface area (Å²) in [7, 11) is 0. The van der Waals surface area contributed by atoms with Crippen LogP contribution in [0, 0.1) is 5.82 Å². The average Bonchev–Trinajstić information content (AvgIpc) is 2.97. The van der Waals surface area contributed by atoms with E-state index in [4.69, 9.17) is 4.74 Å². The molecule has 0 radical (unpaired) electrons. The zero-order valence-electron chi connectivity index (χ0n) is 14.7. The number of likely N-dealkylation sites (tertiary alicyclic amines) is 2. The number of halogens is 1. The van der Waals surface area contributed by atoms with E-state index in [-0.39, 0.29) is 12.4 Å². The molecule has 1 aromatic carbocycles. The minimum Gasteiger partial charge on any atom is -0.491 e. The summed E-state index contributed by atoms with van der Waals surface area (Å²) in [4.78, 5) is 4.95. The lowest BCUT2D eigenvalue weighted by atomic mass is 10.0. The van der Waals surface area contributed by atoms with E-state index < -0.39 is 5.60 Å². The van der Waals surface area contributed by atoms with Gasteiger partial charge < -0.3 is 14.7 Å². The molecule has 1 aromatic rings. The van der Waals surface area contributed by atoms with Gasteiger partial charge in [0.05, 0.1) is 0 Å². The zero-order valence-corrected chi connectivity index (χ0v) is 14.7. The summed E-state index contributed by atoms with van der Waals surface area (Å²) in [5, 5.41) is 10.8. The number of benzene rings is 1. The van der Waals surface area contributed by atoms with E-state index in [1.54, 1.807) is 12.1 Å². The summed E-state index contributed by atoms with van der Waals surface area (Å²) in [6.07, 6.45) is 3.08. The predicted octanol–water partition coefficient (Wildman–Crippen LogP) is 2.51. The highest BCUT2D eigenvalue weighted by atomic mass is 19.1. The van der Waals surface area contributed by atoms with Crippen LogP contribution in [0.1, 0.15) is 33.1 Å². The molecule has 1 unspecified atom stereocenters. The number of piperidine rings is 1. The van der Waals surface area contributed by atoms with Gasteiger partial charge in [-0.15, -0.1) is 0 Å². The second-order valence-corrected chi connectivity index (χ2v) is 7.55.